The van der Waals surface area contributed by atoms with E-state index < -0.39 is 15.6 Å². The Morgan fingerprint density at radius 2 is 1.47 bits per heavy atom. The Morgan fingerprint density at radius 1 is 0.842 bits per heavy atom. The second-order valence-electron chi connectivity index (χ2n) is 4.25. The molecule has 0 fully saturated rings. The summed E-state index contributed by atoms with van der Waals surface area (Å²) in [6.07, 6.45) is 1.43. The normalized spacial score (nSPS) is 18.5. The molecule has 2 aromatic rings. The molecule has 1 aliphatic heterocycles. The fourth-order valence-electron chi connectivity index (χ4n) is 2.11. The van der Waals surface area contributed by atoms with Crippen LogP contribution < -0.4 is 0 Å². The van der Waals surface area contributed by atoms with Crippen molar-refractivity contribution in [2.24, 2.45) is 0 Å². The summed E-state index contributed by atoms with van der Waals surface area (Å²) in [7, 11) is -3.68. The second kappa shape index (κ2) is 4.17. The molecule has 0 atom stereocenters. The van der Waals surface area contributed by atoms with Crippen LogP contribution in [-0.4, -0.2) is 14.2 Å². The van der Waals surface area contributed by atoms with Gasteiger partial charge in [-0.05, 0) is 23.8 Å². The Labute approximate surface area is 111 Å². The van der Waals surface area contributed by atoms with Crippen LogP contribution in [0.25, 0.3) is 6.08 Å². The minimum atomic E-state index is -3.68. The summed E-state index contributed by atoms with van der Waals surface area (Å²) in [6.45, 7) is 0. The zero-order chi connectivity index (χ0) is 13.5. The second-order valence-corrected chi connectivity index (χ2v) is 6.13. The molecule has 4 heteroatoms. The maximum atomic E-state index is 12.3. The summed E-state index contributed by atoms with van der Waals surface area (Å²) >= 11 is 0. The highest BCUT2D eigenvalue weighted by Gasteiger charge is 2.38. The first-order valence-electron chi connectivity index (χ1n) is 5.76. The number of carbonyl (C=O) groups excluding carboxylic acids is 1. The topological polar surface area (TPSA) is 51.2 Å². The van der Waals surface area contributed by atoms with Crippen molar-refractivity contribution in [2.45, 2.75) is 4.90 Å². The number of ketones is 1. The lowest BCUT2D eigenvalue weighted by molar-refractivity contribution is 0.104. The number of allylic oxidation sites excluding steroid dienone is 1. The largest absolute Gasteiger partial charge is 0.288 e. The van der Waals surface area contributed by atoms with Gasteiger partial charge in [-0.1, -0.05) is 42.5 Å². The Bertz CT molecular complexity index is 787. The maximum Gasteiger partial charge on any atom is 0.211 e. The summed E-state index contributed by atoms with van der Waals surface area (Å²) < 4.78 is 24.6. The Kier molecular flexibility index (Phi) is 2.61. The Morgan fingerprint density at radius 3 is 2.16 bits per heavy atom. The molecule has 0 bridgehead atoms. The first-order chi connectivity index (χ1) is 9.10. The molecule has 3 rings (SSSR count). The maximum absolute atomic E-state index is 12.3. The minimum absolute atomic E-state index is 0.0992. The summed E-state index contributed by atoms with van der Waals surface area (Å²) in [5.41, 5.74) is 0.951. The third-order valence-electron chi connectivity index (χ3n) is 3.03. The van der Waals surface area contributed by atoms with Crippen LogP contribution in [0.3, 0.4) is 0 Å². The van der Waals surface area contributed by atoms with E-state index in [2.05, 4.69) is 0 Å². The van der Waals surface area contributed by atoms with Gasteiger partial charge in [-0.3, -0.25) is 4.79 Å². The van der Waals surface area contributed by atoms with Crippen molar-refractivity contribution in [2.75, 3.05) is 0 Å². The SMILES string of the molecule is O=C1/C(=C\c2ccccc2)S(=O)(=O)c2ccccc21. The zero-order valence-electron chi connectivity index (χ0n) is 9.91. The van der Waals surface area contributed by atoms with E-state index >= 15 is 0 Å². The fraction of sp³-hybridized carbons (Fsp3) is 0. The van der Waals surface area contributed by atoms with Gasteiger partial charge in [0.1, 0.15) is 4.91 Å². The zero-order valence-corrected chi connectivity index (χ0v) is 10.7. The van der Waals surface area contributed by atoms with E-state index in [0.717, 1.165) is 0 Å². The molecule has 1 heterocycles. The predicted octanol–water partition coefficient (Wildman–Crippen LogP) is 2.70. The van der Waals surface area contributed by atoms with E-state index in [0.29, 0.717) is 5.56 Å². The molecule has 3 nitrogen and oxygen atoms in total. The summed E-state index contributed by atoms with van der Waals surface area (Å²) in [5, 5.41) is 0. The van der Waals surface area contributed by atoms with E-state index in [1.165, 1.54) is 12.1 Å². The first kappa shape index (κ1) is 11.9. The van der Waals surface area contributed by atoms with Gasteiger partial charge >= 0.3 is 0 Å². The van der Waals surface area contributed by atoms with E-state index in [1.807, 2.05) is 6.07 Å². The minimum Gasteiger partial charge on any atom is -0.288 e. The van der Waals surface area contributed by atoms with Gasteiger partial charge in [0.2, 0.25) is 15.6 Å². The quantitative estimate of drug-likeness (QED) is 0.749. The molecule has 0 aliphatic carbocycles. The standard InChI is InChI=1S/C15H10O3S/c16-15-12-8-4-5-9-13(12)19(17,18)14(15)10-11-6-2-1-3-7-11/h1-10H/b14-10+. The van der Waals surface area contributed by atoms with E-state index in [9.17, 15) is 13.2 Å². The number of fused-ring (bicyclic) bond motifs is 1. The predicted molar refractivity (Wildman–Crippen MR) is 72.4 cm³/mol. The number of carbonyl (C=O) groups is 1. The van der Waals surface area contributed by atoms with Crippen molar-refractivity contribution in [1.82, 2.24) is 0 Å². The lowest BCUT2D eigenvalue weighted by atomic mass is 10.1. The number of benzene rings is 2. The van der Waals surface area contributed by atoms with Crippen molar-refractivity contribution in [3.63, 3.8) is 0 Å². The molecule has 1 aliphatic rings. The molecular formula is C15H10O3S. The van der Waals surface area contributed by atoms with Crippen LogP contribution in [0, 0.1) is 0 Å². The van der Waals surface area contributed by atoms with Crippen LogP contribution in [0.4, 0.5) is 0 Å². The van der Waals surface area contributed by atoms with Crippen LogP contribution in [0.5, 0.6) is 0 Å². The number of hydrogen-bond donors (Lipinski definition) is 0. The van der Waals surface area contributed by atoms with E-state index in [-0.39, 0.29) is 15.4 Å². The van der Waals surface area contributed by atoms with Gasteiger partial charge in [0.05, 0.1) is 4.90 Å². The van der Waals surface area contributed by atoms with Crippen molar-refractivity contribution in [1.29, 1.82) is 0 Å². The van der Waals surface area contributed by atoms with Crippen molar-refractivity contribution >= 4 is 21.7 Å². The molecule has 0 spiro atoms. The van der Waals surface area contributed by atoms with Crippen LogP contribution >= 0.6 is 0 Å². The molecule has 0 unspecified atom stereocenters. The lowest BCUT2D eigenvalue weighted by Gasteiger charge is -1.97. The number of rotatable bonds is 1. The third kappa shape index (κ3) is 1.81. The molecule has 2 aromatic carbocycles. The highest BCUT2D eigenvalue weighted by molar-refractivity contribution is 7.97. The van der Waals surface area contributed by atoms with Crippen molar-refractivity contribution in [3.8, 4) is 0 Å². The van der Waals surface area contributed by atoms with Gasteiger partial charge in [0.15, 0.2) is 0 Å². The summed E-state index contributed by atoms with van der Waals surface area (Å²) in [5.74, 6) is -0.431. The van der Waals surface area contributed by atoms with Gasteiger partial charge in [0.25, 0.3) is 0 Å². The number of sulfone groups is 1. The highest BCUT2D eigenvalue weighted by Crippen LogP contribution is 2.34. The molecule has 94 valence electrons. The molecular weight excluding hydrogens is 260 g/mol. The fourth-order valence-corrected chi connectivity index (χ4v) is 3.70. The summed E-state index contributed by atoms with van der Waals surface area (Å²) in [4.78, 5) is 12.1. The van der Waals surface area contributed by atoms with Gasteiger partial charge in [-0.15, -0.1) is 0 Å². The van der Waals surface area contributed by atoms with Crippen LogP contribution in [0.1, 0.15) is 15.9 Å². The molecule has 0 saturated heterocycles. The first-order valence-corrected chi connectivity index (χ1v) is 7.24. The van der Waals surface area contributed by atoms with E-state index in [1.54, 1.807) is 42.5 Å². The molecule has 0 saturated carbocycles. The number of Topliss-reactive ketones (excluding diaryl/α,β-unsaturated/α-hetero) is 1. The van der Waals surface area contributed by atoms with Crippen molar-refractivity contribution < 1.29 is 13.2 Å². The summed E-state index contributed by atoms with van der Waals surface area (Å²) in [6, 6.07) is 15.2. The third-order valence-corrected chi connectivity index (χ3v) is 4.85. The van der Waals surface area contributed by atoms with Crippen LogP contribution in [0.15, 0.2) is 64.4 Å². The highest BCUT2D eigenvalue weighted by atomic mass is 32.2. The molecule has 0 radical (unpaired) electrons. The lowest BCUT2D eigenvalue weighted by Crippen LogP contribution is -2.01. The van der Waals surface area contributed by atoms with Gasteiger partial charge in [0, 0.05) is 5.56 Å². The molecule has 19 heavy (non-hydrogen) atoms. The molecule has 0 aromatic heterocycles. The van der Waals surface area contributed by atoms with Crippen LogP contribution in [0.2, 0.25) is 0 Å². The van der Waals surface area contributed by atoms with Crippen LogP contribution in [-0.2, 0) is 9.84 Å². The average Bonchev–Trinajstić information content (AvgIpc) is 2.62. The van der Waals surface area contributed by atoms with Gasteiger partial charge in [-0.25, -0.2) is 8.42 Å². The Hall–Kier alpha value is -2.20. The van der Waals surface area contributed by atoms with E-state index in [4.69, 9.17) is 0 Å². The van der Waals surface area contributed by atoms with Gasteiger partial charge < -0.3 is 0 Å². The Balaban J connectivity index is 2.22. The van der Waals surface area contributed by atoms with Crippen molar-refractivity contribution in [3.05, 3.63) is 70.6 Å². The monoisotopic (exact) mass is 270 g/mol. The van der Waals surface area contributed by atoms with Gasteiger partial charge in [-0.2, -0.15) is 0 Å². The molecule has 0 amide bonds. The molecule has 0 N–H and O–H groups in total. The average molecular weight is 270 g/mol. The smallest absolute Gasteiger partial charge is 0.211 e. The number of hydrogen-bond acceptors (Lipinski definition) is 3.